The Morgan fingerprint density at radius 1 is 1.30 bits per heavy atom. The van der Waals surface area contributed by atoms with Gasteiger partial charge in [-0.2, -0.15) is 4.98 Å². The van der Waals surface area contributed by atoms with Crippen LogP contribution in [0.1, 0.15) is 11.3 Å². The van der Waals surface area contributed by atoms with Crippen LogP contribution in [0, 0.1) is 6.92 Å². The van der Waals surface area contributed by atoms with Gasteiger partial charge >= 0.3 is 5.97 Å². The molecule has 1 aromatic carbocycles. The molecule has 0 radical (unpaired) electrons. The van der Waals surface area contributed by atoms with E-state index in [1.807, 2.05) is 37.3 Å². The maximum atomic E-state index is 10.5. The predicted molar refractivity (Wildman–Crippen MR) is 75.9 cm³/mol. The quantitative estimate of drug-likeness (QED) is 0.651. The van der Waals surface area contributed by atoms with Gasteiger partial charge in [-0.3, -0.25) is 0 Å². The van der Waals surface area contributed by atoms with E-state index in [2.05, 4.69) is 9.97 Å². The second-order valence-electron chi connectivity index (χ2n) is 4.09. The first-order chi connectivity index (χ1) is 9.63. The molecule has 0 bridgehead atoms. The van der Waals surface area contributed by atoms with Gasteiger partial charge in [-0.1, -0.05) is 42.1 Å². The zero-order chi connectivity index (χ0) is 14.4. The Morgan fingerprint density at radius 3 is 2.75 bits per heavy atom. The summed E-state index contributed by atoms with van der Waals surface area (Å²) in [4.78, 5) is 19.0. The van der Waals surface area contributed by atoms with E-state index in [-0.39, 0.29) is 5.88 Å². The molecule has 0 aliphatic carbocycles. The second-order valence-corrected chi connectivity index (χ2v) is 5.03. The van der Waals surface area contributed by atoms with Crippen LogP contribution in [0.4, 0.5) is 0 Å². The van der Waals surface area contributed by atoms with Crippen LogP contribution in [0.3, 0.4) is 0 Å². The average Bonchev–Trinajstić information content (AvgIpc) is 2.44. The number of hydrogen-bond acceptors (Lipinski definition) is 5. The number of aryl methyl sites for hydroxylation is 1. The Kier molecular flexibility index (Phi) is 4.95. The highest BCUT2D eigenvalue weighted by Crippen LogP contribution is 2.21. The molecule has 20 heavy (non-hydrogen) atoms. The van der Waals surface area contributed by atoms with E-state index in [0.29, 0.717) is 5.16 Å². The zero-order valence-corrected chi connectivity index (χ0v) is 11.8. The summed E-state index contributed by atoms with van der Waals surface area (Å²) in [5.74, 6) is 0.0121. The molecule has 0 unspecified atom stereocenters. The van der Waals surface area contributed by atoms with Crippen molar-refractivity contribution >= 4 is 17.7 Å². The highest BCUT2D eigenvalue weighted by Gasteiger charge is 2.06. The molecule has 0 atom stereocenters. The molecule has 2 aromatic rings. The monoisotopic (exact) mass is 290 g/mol. The molecule has 104 valence electrons. The Morgan fingerprint density at radius 2 is 2.05 bits per heavy atom. The molecule has 0 fully saturated rings. The first-order valence-corrected chi connectivity index (χ1v) is 6.99. The van der Waals surface area contributed by atoms with Crippen LogP contribution in [0.25, 0.3) is 0 Å². The van der Waals surface area contributed by atoms with E-state index >= 15 is 0 Å². The predicted octanol–water partition coefficient (Wildman–Crippen LogP) is 2.54. The molecule has 1 N–H and O–H groups in total. The molecule has 0 saturated carbocycles. The van der Waals surface area contributed by atoms with Crippen molar-refractivity contribution in [3.63, 3.8) is 0 Å². The molecule has 1 aromatic heterocycles. The Hall–Kier alpha value is -2.08. The molecule has 0 aliphatic rings. The average molecular weight is 290 g/mol. The SMILES string of the molecule is Cc1cc(OCC(=O)O)nc(SCc2ccccc2)n1. The number of ether oxygens (including phenoxy) is 1. The third kappa shape index (κ3) is 4.55. The number of hydrogen-bond donors (Lipinski definition) is 1. The van der Waals surface area contributed by atoms with Crippen LogP contribution in [0.15, 0.2) is 41.6 Å². The number of thioether (sulfide) groups is 1. The van der Waals surface area contributed by atoms with Crippen molar-refractivity contribution in [2.45, 2.75) is 17.8 Å². The molecule has 0 saturated heterocycles. The molecule has 0 aliphatic heterocycles. The third-order valence-electron chi connectivity index (χ3n) is 2.36. The van der Waals surface area contributed by atoms with Gasteiger partial charge in [0.1, 0.15) is 0 Å². The van der Waals surface area contributed by atoms with Crippen molar-refractivity contribution in [3.8, 4) is 5.88 Å². The molecule has 5 nitrogen and oxygen atoms in total. The fraction of sp³-hybridized carbons (Fsp3) is 0.214. The number of aliphatic carboxylic acids is 1. The second kappa shape index (κ2) is 6.91. The van der Waals surface area contributed by atoms with E-state index in [4.69, 9.17) is 9.84 Å². The zero-order valence-electron chi connectivity index (χ0n) is 10.9. The topological polar surface area (TPSA) is 72.3 Å². The fourth-order valence-electron chi connectivity index (χ4n) is 1.51. The number of carboxylic acids is 1. The standard InChI is InChI=1S/C14H14N2O3S/c1-10-7-12(19-8-13(17)18)16-14(15-10)20-9-11-5-3-2-4-6-11/h2-7H,8-9H2,1H3,(H,17,18). The number of aromatic nitrogens is 2. The summed E-state index contributed by atoms with van der Waals surface area (Å²) in [5, 5.41) is 9.17. The Bertz CT molecular complexity index is 590. The normalized spacial score (nSPS) is 10.2. The van der Waals surface area contributed by atoms with E-state index in [0.717, 1.165) is 11.4 Å². The van der Waals surface area contributed by atoms with Gasteiger partial charge in [0.2, 0.25) is 5.88 Å². The molecule has 6 heteroatoms. The van der Waals surface area contributed by atoms with Gasteiger partial charge in [0.05, 0.1) is 0 Å². The molecular weight excluding hydrogens is 276 g/mol. The van der Waals surface area contributed by atoms with Crippen molar-refractivity contribution in [1.82, 2.24) is 9.97 Å². The van der Waals surface area contributed by atoms with Crippen molar-refractivity contribution in [2.75, 3.05) is 6.61 Å². The van der Waals surface area contributed by atoms with Crippen molar-refractivity contribution in [1.29, 1.82) is 0 Å². The Balaban J connectivity index is 2.02. The van der Waals surface area contributed by atoms with Crippen LogP contribution >= 0.6 is 11.8 Å². The molecule has 0 amide bonds. The summed E-state index contributed by atoms with van der Waals surface area (Å²) in [6, 6.07) is 11.6. The number of carbonyl (C=O) groups is 1. The van der Waals surface area contributed by atoms with Crippen LogP contribution in [0.5, 0.6) is 5.88 Å². The van der Waals surface area contributed by atoms with Crippen LogP contribution in [-0.2, 0) is 10.5 Å². The number of rotatable bonds is 6. The number of benzene rings is 1. The van der Waals surface area contributed by atoms with Crippen LogP contribution in [0.2, 0.25) is 0 Å². The summed E-state index contributed by atoms with van der Waals surface area (Å²) in [7, 11) is 0. The van der Waals surface area contributed by atoms with Crippen LogP contribution < -0.4 is 4.74 Å². The van der Waals surface area contributed by atoms with Crippen molar-refractivity contribution < 1.29 is 14.6 Å². The highest BCUT2D eigenvalue weighted by molar-refractivity contribution is 7.98. The first kappa shape index (κ1) is 14.3. The van der Waals surface area contributed by atoms with Crippen molar-refractivity contribution in [2.24, 2.45) is 0 Å². The maximum Gasteiger partial charge on any atom is 0.341 e. The molecule has 1 heterocycles. The third-order valence-corrected chi connectivity index (χ3v) is 3.28. The minimum absolute atomic E-state index is 0.287. The Labute approximate surface area is 121 Å². The van der Waals surface area contributed by atoms with Gasteiger partial charge < -0.3 is 9.84 Å². The van der Waals surface area contributed by atoms with Gasteiger partial charge in [-0.25, -0.2) is 9.78 Å². The summed E-state index contributed by atoms with van der Waals surface area (Å²) in [5.41, 5.74) is 1.92. The van der Waals surface area contributed by atoms with Gasteiger partial charge in [0.25, 0.3) is 0 Å². The van der Waals surface area contributed by atoms with Crippen LogP contribution in [-0.4, -0.2) is 27.7 Å². The fourth-order valence-corrected chi connectivity index (χ4v) is 2.36. The highest BCUT2D eigenvalue weighted by atomic mass is 32.2. The summed E-state index contributed by atoms with van der Waals surface area (Å²) < 4.78 is 5.08. The summed E-state index contributed by atoms with van der Waals surface area (Å²) >= 11 is 1.49. The van der Waals surface area contributed by atoms with E-state index in [1.165, 1.54) is 17.3 Å². The lowest BCUT2D eigenvalue weighted by Gasteiger charge is -2.06. The smallest absolute Gasteiger partial charge is 0.341 e. The maximum absolute atomic E-state index is 10.5. The van der Waals surface area contributed by atoms with Gasteiger partial charge in [0.15, 0.2) is 11.8 Å². The largest absolute Gasteiger partial charge is 0.479 e. The molecule has 2 rings (SSSR count). The van der Waals surface area contributed by atoms with Gasteiger partial charge in [-0.05, 0) is 12.5 Å². The lowest BCUT2D eigenvalue weighted by atomic mass is 10.2. The molecule has 0 spiro atoms. The number of nitrogens with zero attached hydrogens (tertiary/aromatic N) is 2. The van der Waals surface area contributed by atoms with Gasteiger partial charge in [0, 0.05) is 17.5 Å². The van der Waals surface area contributed by atoms with E-state index < -0.39 is 12.6 Å². The minimum atomic E-state index is -1.03. The summed E-state index contributed by atoms with van der Waals surface area (Å²) in [6.07, 6.45) is 0. The first-order valence-electron chi connectivity index (χ1n) is 6.00. The lowest BCUT2D eigenvalue weighted by molar-refractivity contribution is -0.139. The minimum Gasteiger partial charge on any atom is -0.479 e. The summed E-state index contributed by atoms with van der Waals surface area (Å²) in [6.45, 7) is 1.42. The molecular formula is C14H14N2O3S. The van der Waals surface area contributed by atoms with E-state index in [1.54, 1.807) is 6.07 Å². The van der Waals surface area contributed by atoms with Gasteiger partial charge in [-0.15, -0.1) is 0 Å². The van der Waals surface area contributed by atoms with Crippen molar-refractivity contribution in [3.05, 3.63) is 47.7 Å². The van der Waals surface area contributed by atoms with E-state index in [9.17, 15) is 4.79 Å². The lowest BCUT2D eigenvalue weighted by Crippen LogP contribution is -2.10. The number of carboxylic acid groups (broad SMARTS) is 1.